The van der Waals surface area contributed by atoms with Crippen molar-refractivity contribution in [1.82, 2.24) is 14.9 Å². The van der Waals surface area contributed by atoms with Crippen molar-refractivity contribution in [3.63, 3.8) is 0 Å². The number of aromatic nitrogens is 2. The second-order valence-corrected chi connectivity index (χ2v) is 4.13. The number of hydrogen-bond acceptors (Lipinski definition) is 2. The Labute approximate surface area is 100 Å². The number of imidazole rings is 1. The quantitative estimate of drug-likeness (QED) is 0.882. The first-order chi connectivity index (χ1) is 7.78. The third kappa shape index (κ3) is 2.84. The van der Waals surface area contributed by atoms with Gasteiger partial charge in [-0.05, 0) is 24.7 Å². The largest absolute Gasteiger partial charge is 0.333 e. The van der Waals surface area contributed by atoms with E-state index in [4.69, 9.17) is 11.6 Å². The van der Waals surface area contributed by atoms with E-state index in [1.165, 1.54) is 5.56 Å². The molecule has 0 atom stereocenters. The maximum atomic E-state index is 5.83. The average Bonchev–Trinajstić information content (AvgIpc) is 2.70. The summed E-state index contributed by atoms with van der Waals surface area (Å²) in [5, 5.41) is 3.84. The molecule has 16 heavy (non-hydrogen) atoms. The van der Waals surface area contributed by atoms with Crippen LogP contribution in [0.3, 0.4) is 0 Å². The highest BCUT2D eigenvalue weighted by Crippen LogP contribution is 2.10. The van der Waals surface area contributed by atoms with Crippen LogP contribution in [-0.4, -0.2) is 16.6 Å². The third-order valence-corrected chi connectivity index (χ3v) is 2.57. The number of hydrogen-bond donors (Lipinski definition) is 1. The molecule has 2 rings (SSSR count). The van der Waals surface area contributed by atoms with Crippen LogP contribution in [-0.2, 0) is 13.1 Å². The molecule has 0 amide bonds. The number of benzene rings is 1. The van der Waals surface area contributed by atoms with Gasteiger partial charge in [0.25, 0.3) is 0 Å². The van der Waals surface area contributed by atoms with Gasteiger partial charge in [-0.1, -0.05) is 23.7 Å². The fourth-order valence-corrected chi connectivity index (χ4v) is 1.69. The molecule has 0 spiro atoms. The molecule has 4 heteroatoms. The fourth-order valence-electron chi connectivity index (χ4n) is 1.57. The summed E-state index contributed by atoms with van der Waals surface area (Å²) in [4.78, 5) is 4.29. The van der Waals surface area contributed by atoms with Crippen molar-refractivity contribution in [2.75, 3.05) is 7.05 Å². The van der Waals surface area contributed by atoms with Crippen LogP contribution in [0.1, 0.15) is 11.3 Å². The van der Waals surface area contributed by atoms with Gasteiger partial charge in [-0.15, -0.1) is 0 Å². The summed E-state index contributed by atoms with van der Waals surface area (Å²) in [6.45, 7) is 1.63. The predicted octanol–water partition coefficient (Wildman–Crippen LogP) is 2.30. The zero-order valence-corrected chi connectivity index (χ0v) is 9.91. The molecule has 3 nitrogen and oxygen atoms in total. The molecule has 0 aliphatic rings. The molecule has 0 bridgehead atoms. The van der Waals surface area contributed by atoms with Crippen molar-refractivity contribution >= 4 is 11.6 Å². The fraction of sp³-hybridized carbons (Fsp3) is 0.250. The lowest BCUT2D eigenvalue weighted by molar-refractivity contribution is 0.782. The molecule has 0 unspecified atom stereocenters. The minimum absolute atomic E-state index is 0.769. The summed E-state index contributed by atoms with van der Waals surface area (Å²) < 4.78 is 2.07. The Morgan fingerprint density at radius 1 is 1.31 bits per heavy atom. The Bertz CT molecular complexity index is 448. The summed E-state index contributed by atoms with van der Waals surface area (Å²) in [5.74, 6) is 0. The molecular formula is C12H14ClN3. The molecule has 1 aromatic carbocycles. The Morgan fingerprint density at radius 3 is 2.75 bits per heavy atom. The number of halogens is 1. The summed E-state index contributed by atoms with van der Waals surface area (Å²) in [5.41, 5.74) is 2.27. The molecule has 0 aliphatic heterocycles. The zero-order valence-electron chi connectivity index (χ0n) is 9.15. The van der Waals surface area contributed by atoms with Gasteiger partial charge in [-0.2, -0.15) is 0 Å². The van der Waals surface area contributed by atoms with Gasteiger partial charge in [0.05, 0.1) is 12.0 Å². The molecule has 2 aromatic rings. The molecular weight excluding hydrogens is 222 g/mol. The summed E-state index contributed by atoms with van der Waals surface area (Å²) >= 11 is 5.83. The lowest BCUT2D eigenvalue weighted by Gasteiger charge is -2.02. The van der Waals surface area contributed by atoms with Gasteiger partial charge in [0.2, 0.25) is 0 Å². The predicted molar refractivity (Wildman–Crippen MR) is 65.5 cm³/mol. The zero-order chi connectivity index (χ0) is 11.4. The molecule has 1 heterocycles. The van der Waals surface area contributed by atoms with Gasteiger partial charge in [0.1, 0.15) is 0 Å². The van der Waals surface area contributed by atoms with E-state index < -0.39 is 0 Å². The minimum Gasteiger partial charge on any atom is -0.333 e. The highest BCUT2D eigenvalue weighted by atomic mass is 35.5. The lowest BCUT2D eigenvalue weighted by Crippen LogP contribution is -2.05. The molecule has 0 aliphatic carbocycles. The van der Waals surface area contributed by atoms with Gasteiger partial charge in [-0.3, -0.25) is 0 Å². The molecule has 1 N–H and O–H groups in total. The maximum Gasteiger partial charge on any atom is 0.0953 e. The van der Waals surface area contributed by atoms with Crippen molar-refractivity contribution in [2.24, 2.45) is 0 Å². The minimum atomic E-state index is 0.769. The van der Waals surface area contributed by atoms with Crippen molar-refractivity contribution in [2.45, 2.75) is 13.1 Å². The van der Waals surface area contributed by atoms with Crippen molar-refractivity contribution < 1.29 is 0 Å². The summed E-state index contributed by atoms with van der Waals surface area (Å²) in [7, 11) is 1.91. The van der Waals surface area contributed by atoms with E-state index in [1.54, 1.807) is 0 Å². The van der Waals surface area contributed by atoms with Crippen LogP contribution in [0.2, 0.25) is 5.02 Å². The number of nitrogens with zero attached hydrogens (tertiary/aromatic N) is 2. The molecule has 0 radical (unpaired) electrons. The first-order valence-corrected chi connectivity index (χ1v) is 5.55. The first-order valence-electron chi connectivity index (χ1n) is 5.17. The van der Waals surface area contributed by atoms with Gasteiger partial charge in [0, 0.05) is 24.3 Å². The molecule has 0 saturated heterocycles. The normalized spacial score (nSPS) is 10.6. The van der Waals surface area contributed by atoms with Crippen molar-refractivity contribution in [1.29, 1.82) is 0 Å². The second kappa shape index (κ2) is 5.14. The number of nitrogens with one attached hydrogen (secondary N) is 1. The van der Waals surface area contributed by atoms with Gasteiger partial charge >= 0.3 is 0 Å². The van der Waals surface area contributed by atoms with E-state index in [9.17, 15) is 0 Å². The Hall–Kier alpha value is -1.32. The SMILES string of the molecule is CNCc1cn(Cc2ccc(Cl)cc2)cn1. The van der Waals surface area contributed by atoms with Gasteiger partial charge < -0.3 is 9.88 Å². The van der Waals surface area contributed by atoms with E-state index in [1.807, 2.05) is 43.8 Å². The molecule has 0 saturated carbocycles. The molecule has 0 fully saturated rings. The van der Waals surface area contributed by atoms with Crippen LogP contribution in [0.5, 0.6) is 0 Å². The second-order valence-electron chi connectivity index (χ2n) is 3.69. The van der Waals surface area contributed by atoms with E-state index >= 15 is 0 Å². The summed E-state index contributed by atoms with van der Waals surface area (Å²) in [6.07, 6.45) is 3.90. The van der Waals surface area contributed by atoms with E-state index in [-0.39, 0.29) is 0 Å². The van der Waals surface area contributed by atoms with E-state index in [0.717, 1.165) is 23.8 Å². The van der Waals surface area contributed by atoms with Crippen LogP contribution in [0.15, 0.2) is 36.8 Å². The van der Waals surface area contributed by atoms with Crippen LogP contribution in [0.25, 0.3) is 0 Å². The van der Waals surface area contributed by atoms with Gasteiger partial charge in [-0.25, -0.2) is 4.98 Å². The smallest absolute Gasteiger partial charge is 0.0953 e. The van der Waals surface area contributed by atoms with Crippen LogP contribution in [0.4, 0.5) is 0 Å². The van der Waals surface area contributed by atoms with Crippen LogP contribution >= 0.6 is 11.6 Å². The van der Waals surface area contributed by atoms with Crippen LogP contribution in [0, 0.1) is 0 Å². The highest BCUT2D eigenvalue weighted by Gasteiger charge is 1.98. The van der Waals surface area contributed by atoms with E-state index in [0.29, 0.717) is 0 Å². The molecule has 84 valence electrons. The van der Waals surface area contributed by atoms with E-state index in [2.05, 4.69) is 14.9 Å². The Kier molecular flexibility index (Phi) is 3.59. The lowest BCUT2D eigenvalue weighted by atomic mass is 10.2. The van der Waals surface area contributed by atoms with Crippen LogP contribution < -0.4 is 5.32 Å². The first kappa shape index (κ1) is 11.2. The maximum absolute atomic E-state index is 5.83. The molecule has 1 aromatic heterocycles. The Morgan fingerprint density at radius 2 is 2.06 bits per heavy atom. The van der Waals surface area contributed by atoms with Gasteiger partial charge in [0.15, 0.2) is 0 Å². The topological polar surface area (TPSA) is 29.9 Å². The average molecular weight is 236 g/mol. The Balaban J connectivity index is 2.05. The highest BCUT2D eigenvalue weighted by molar-refractivity contribution is 6.30. The number of rotatable bonds is 4. The monoisotopic (exact) mass is 235 g/mol. The standard InChI is InChI=1S/C12H14ClN3/c1-14-6-12-8-16(9-15-12)7-10-2-4-11(13)5-3-10/h2-5,8-9,14H,6-7H2,1H3. The van der Waals surface area contributed by atoms with Crippen molar-refractivity contribution in [3.05, 3.63) is 53.1 Å². The van der Waals surface area contributed by atoms with Crippen molar-refractivity contribution in [3.8, 4) is 0 Å². The third-order valence-electron chi connectivity index (χ3n) is 2.32. The summed E-state index contributed by atoms with van der Waals surface area (Å²) in [6, 6.07) is 7.87.